The van der Waals surface area contributed by atoms with E-state index < -0.39 is 17.6 Å². The largest absolute Gasteiger partial charge is 0.416 e. The average Bonchev–Trinajstić information content (AvgIpc) is 2.67. The number of amides is 1. The predicted molar refractivity (Wildman–Crippen MR) is 101 cm³/mol. The maximum atomic E-state index is 12.8. The average molecular weight is 385 g/mol. The third-order valence-corrected chi connectivity index (χ3v) is 4.41. The number of halogens is 3. The van der Waals surface area contributed by atoms with Gasteiger partial charge in [0.05, 0.1) is 11.3 Å². The molecule has 0 unspecified atom stereocenters. The highest BCUT2D eigenvalue weighted by atomic mass is 19.4. The third-order valence-electron chi connectivity index (χ3n) is 4.41. The van der Waals surface area contributed by atoms with E-state index in [0.717, 1.165) is 17.8 Å². The summed E-state index contributed by atoms with van der Waals surface area (Å²) in [7, 11) is 0. The molecule has 1 amide bonds. The fourth-order valence-electron chi connectivity index (χ4n) is 3.02. The minimum Gasteiger partial charge on any atom is -0.366 e. The molecular formula is C21H18F3N3O. The minimum atomic E-state index is -4.40. The smallest absolute Gasteiger partial charge is 0.366 e. The number of nitrogens with two attached hydrogens (primary N) is 1. The molecule has 0 saturated carbocycles. The minimum absolute atomic E-state index is 0.105. The van der Waals surface area contributed by atoms with Crippen molar-refractivity contribution in [3.8, 4) is 22.3 Å². The van der Waals surface area contributed by atoms with Crippen LogP contribution < -0.4 is 5.73 Å². The lowest BCUT2D eigenvalue weighted by Crippen LogP contribution is -2.13. The van der Waals surface area contributed by atoms with Crippen LogP contribution in [0.25, 0.3) is 22.3 Å². The van der Waals surface area contributed by atoms with E-state index >= 15 is 0 Å². The zero-order chi connectivity index (χ0) is 20.5. The quantitative estimate of drug-likeness (QED) is 0.683. The van der Waals surface area contributed by atoms with E-state index in [1.807, 2.05) is 13.8 Å². The van der Waals surface area contributed by atoms with Gasteiger partial charge in [-0.05, 0) is 40.8 Å². The lowest BCUT2D eigenvalue weighted by molar-refractivity contribution is -0.137. The molecule has 1 aromatic heterocycles. The number of carbonyl (C=O) groups is 1. The highest BCUT2D eigenvalue weighted by molar-refractivity contribution is 6.01. The van der Waals surface area contributed by atoms with E-state index in [1.54, 1.807) is 24.4 Å². The Hall–Kier alpha value is -3.22. The molecule has 0 aliphatic rings. The second-order valence-electron chi connectivity index (χ2n) is 6.68. The van der Waals surface area contributed by atoms with Gasteiger partial charge in [0.2, 0.25) is 5.91 Å². The van der Waals surface area contributed by atoms with Crippen molar-refractivity contribution in [3.05, 3.63) is 71.8 Å². The van der Waals surface area contributed by atoms with Crippen LogP contribution in [-0.2, 0) is 6.18 Å². The zero-order valence-corrected chi connectivity index (χ0v) is 15.3. The van der Waals surface area contributed by atoms with Gasteiger partial charge < -0.3 is 5.73 Å². The number of aromatic nitrogens is 2. The standard InChI is InChI=1S/C21H18F3N3O/c1-12(2)19-18(10-26-11-27-19)16-8-5-14(9-17(16)20(25)28)13-3-6-15(7-4-13)21(22,23)24/h3-12H,1-2H3,(H2,25,28). The molecule has 0 aliphatic carbocycles. The Morgan fingerprint density at radius 3 is 2.21 bits per heavy atom. The molecule has 0 radical (unpaired) electrons. The van der Waals surface area contributed by atoms with E-state index in [1.165, 1.54) is 18.5 Å². The number of primary amides is 1. The van der Waals surface area contributed by atoms with Crippen molar-refractivity contribution >= 4 is 5.91 Å². The number of alkyl halides is 3. The van der Waals surface area contributed by atoms with Crippen molar-refractivity contribution in [1.29, 1.82) is 0 Å². The van der Waals surface area contributed by atoms with Crippen molar-refractivity contribution in [3.63, 3.8) is 0 Å². The van der Waals surface area contributed by atoms with Crippen molar-refractivity contribution in [2.24, 2.45) is 5.73 Å². The van der Waals surface area contributed by atoms with Gasteiger partial charge in [0.1, 0.15) is 6.33 Å². The van der Waals surface area contributed by atoms with E-state index in [0.29, 0.717) is 22.3 Å². The number of hydrogen-bond acceptors (Lipinski definition) is 3. The molecule has 7 heteroatoms. The van der Waals surface area contributed by atoms with E-state index in [2.05, 4.69) is 9.97 Å². The van der Waals surface area contributed by atoms with Crippen LogP contribution in [0.3, 0.4) is 0 Å². The summed E-state index contributed by atoms with van der Waals surface area (Å²) in [6.07, 6.45) is -1.33. The van der Waals surface area contributed by atoms with Gasteiger partial charge >= 0.3 is 6.18 Å². The zero-order valence-electron chi connectivity index (χ0n) is 15.3. The first-order valence-corrected chi connectivity index (χ1v) is 8.60. The molecule has 144 valence electrons. The van der Waals surface area contributed by atoms with Crippen LogP contribution in [0.15, 0.2) is 55.0 Å². The molecule has 0 saturated heterocycles. The Morgan fingerprint density at radius 2 is 1.64 bits per heavy atom. The fraction of sp³-hybridized carbons (Fsp3) is 0.190. The molecule has 2 aromatic carbocycles. The molecule has 0 atom stereocenters. The SMILES string of the molecule is CC(C)c1ncncc1-c1ccc(-c2ccc(C(F)(F)F)cc2)cc1C(N)=O. The van der Waals surface area contributed by atoms with Crippen LogP contribution in [-0.4, -0.2) is 15.9 Å². The summed E-state index contributed by atoms with van der Waals surface area (Å²) >= 11 is 0. The van der Waals surface area contributed by atoms with Gasteiger partial charge in [0, 0.05) is 17.3 Å². The van der Waals surface area contributed by atoms with Crippen LogP contribution in [0.5, 0.6) is 0 Å². The molecule has 0 fully saturated rings. The van der Waals surface area contributed by atoms with E-state index in [-0.39, 0.29) is 11.5 Å². The number of nitrogens with zero attached hydrogens (tertiary/aromatic N) is 2. The van der Waals surface area contributed by atoms with E-state index in [9.17, 15) is 18.0 Å². The molecular weight excluding hydrogens is 367 g/mol. The van der Waals surface area contributed by atoms with Gasteiger partial charge in [-0.15, -0.1) is 0 Å². The first-order chi connectivity index (χ1) is 13.2. The lowest BCUT2D eigenvalue weighted by Gasteiger charge is -2.15. The fourth-order valence-corrected chi connectivity index (χ4v) is 3.02. The highest BCUT2D eigenvalue weighted by Crippen LogP contribution is 2.34. The van der Waals surface area contributed by atoms with Crippen LogP contribution in [0, 0.1) is 0 Å². The molecule has 0 aliphatic heterocycles. The summed E-state index contributed by atoms with van der Waals surface area (Å²) in [5, 5.41) is 0. The molecule has 3 rings (SSSR count). The number of carbonyl (C=O) groups excluding carboxylic acids is 1. The van der Waals surface area contributed by atoms with Crippen molar-refractivity contribution in [1.82, 2.24) is 9.97 Å². The normalized spacial score (nSPS) is 11.6. The third kappa shape index (κ3) is 3.88. The summed E-state index contributed by atoms with van der Waals surface area (Å²) in [5.74, 6) is -0.532. The second-order valence-corrected chi connectivity index (χ2v) is 6.68. The van der Waals surface area contributed by atoms with Crippen molar-refractivity contribution in [2.75, 3.05) is 0 Å². The topological polar surface area (TPSA) is 68.9 Å². The van der Waals surface area contributed by atoms with Crippen LogP contribution in [0.2, 0.25) is 0 Å². The predicted octanol–water partition coefficient (Wildman–Crippen LogP) is 5.05. The summed E-state index contributed by atoms with van der Waals surface area (Å²) in [4.78, 5) is 20.4. The van der Waals surface area contributed by atoms with Crippen LogP contribution in [0.1, 0.15) is 41.4 Å². The molecule has 0 spiro atoms. The van der Waals surface area contributed by atoms with Crippen molar-refractivity contribution < 1.29 is 18.0 Å². The summed E-state index contributed by atoms with van der Waals surface area (Å²) in [5.41, 5.74) is 8.32. The Kier molecular flexibility index (Phi) is 5.18. The summed E-state index contributed by atoms with van der Waals surface area (Å²) in [6.45, 7) is 3.96. The summed E-state index contributed by atoms with van der Waals surface area (Å²) < 4.78 is 38.3. The Bertz CT molecular complexity index is 1010. The van der Waals surface area contributed by atoms with Gasteiger partial charge in [-0.25, -0.2) is 9.97 Å². The first kappa shape index (κ1) is 19.5. The van der Waals surface area contributed by atoms with Crippen LogP contribution in [0.4, 0.5) is 13.2 Å². The molecule has 28 heavy (non-hydrogen) atoms. The molecule has 4 nitrogen and oxygen atoms in total. The monoisotopic (exact) mass is 385 g/mol. The summed E-state index contributed by atoms with van der Waals surface area (Å²) in [6, 6.07) is 9.79. The molecule has 3 aromatic rings. The number of rotatable bonds is 4. The van der Waals surface area contributed by atoms with E-state index in [4.69, 9.17) is 5.73 Å². The number of hydrogen-bond donors (Lipinski definition) is 1. The Labute approximate surface area is 160 Å². The molecule has 2 N–H and O–H groups in total. The molecule has 1 heterocycles. The van der Waals surface area contributed by atoms with Gasteiger partial charge in [0.15, 0.2) is 0 Å². The Morgan fingerprint density at radius 1 is 1.00 bits per heavy atom. The Balaban J connectivity index is 2.09. The maximum absolute atomic E-state index is 12.8. The van der Waals surface area contributed by atoms with Gasteiger partial charge in [-0.1, -0.05) is 38.1 Å². The first-order valence-electron chi connectivity index (χ1n) is 8.60. The van der Waals surface area contributed by atoms with Crippen molar-refractivity contribution in [2.45, 2.75) is 25.9 Å². The maximum Gasteiger partial charge on any atom is 0.416 e. The number of benzene rings is 2. The van der Waals surface area contributed by atoms with Crippen LogP contribution >= 0.6 is 0 Å². The van der Waals surface area contributed by atoms with Gasteiger partial charge in [-0.2, -0.15) is 13.2 Å². The van der Waals surface area contributed by atoms with Gasteiger partial charge in [-0.3, -0.25) is 4.79 Å². The van der Waals surface area contributed by atoms with Gasteiger partial charge in [0.25, 0.3) is 0 Å². The highest BCUT2D eigenvalue weighted by Gasteiger charge is 2.30. The second kappa shape index (κ2) is 7.42. The lowest BCUT2D eigenvalue weighted by atomic mass is 9.92. The molecule has 0 bridgehead atoms.